The maximum Gasteiger partial charge on any atom is 0.165 e. The Hall–Kier alpha value is -1.13. The summed E-state index contributed by atoms with van der Waals surface area (Å²) >= 11 is 0. The number of ether oxygens (including phenoxy) is 1. The van der Waals surface area contributed by atoms with Gasteiger partial charge in [0, 0.05) is 25.1 Å². The first-order chi connectivity index (χ1) is 9.58. The highest BCUT2D eigenvalue weighted by atomic mass is 19.1. The lowest BCUT2D eigenvalue weighted by Gasteiger charge is -2.31. The van der Waals surface area contributed by atoms with E-state index in [9.17, 15) is 9.50 Å². The van der Waals surface area contributed by atoms with Crippen molar-refractivity contribution in [3.63, 3.8) is 0 Å². The van der Waals surface area contributed by atoms with Crippen LogP contribution in [0.25, 0.3) is 0 Å². The number of halogens is 1. The highest BCUT2D eigenvalue weighted by Crippen LogP contribution is 2.38. The summed E-state index contributed by atoms with van der Waals surface area (Å²) in [6.45, 7) is 1.87. The summed E-state index contributed by atoms with van der Waals surface area (Å²) in [7, 11) is 3.52. The number of aliphatic hydroxyl groups is 1. The van der Waals surface area contributed by atoms with E-state index in [2.05, 4.69) is 4.90 Å². The minimum absolute atomic E-state index is 0.0544. The zero-order valence-electron chi connectivity index (χ0n) is 12.4. The lowest BCUT2D eigenvalue weighted by Crippen LogP contribution is -2.36. The predicted molar refractivity (Wildman–Crippen MR) is 77.3 cm³/mol. The van der Waals surface area contributed by atoms with Crippen molar-refractivity contribution in [2.45, 2.75) is 32.2 Å². The van der Waals surface area contributed by atoms with Crippen LogP contribution in [0, 0.1) is 11.2 Å². The third-order valence-corrected chi connectivity index (χ3v) is 4.27. The molecule has 4 heteroatoms. The molecule has 1 N–H and O–H groups in total. The van der Waals surface area contributed by atoms with Gasteiger partial charge < -0.3 is 14.7 Å². The molecule has 0 aliphatic heterocycles. The standard InChI is InChI=1S/C16H24FNO2/c1-18(11-16(12-19)7-3-4-8-16)10-13-5-6-14(17)15(9-13)20-2/h5-6,9,19H,3-4,7-8,10-12H2,1-2H3. The average Bonchev–Trinajstić information content (AvgIpc) is 2.90. The summed E-state index contributed by atoms with van der Waals surface area (Å²) in [6, 6.07) is 4.97. The summed E-state index contributed by atoms with van der Waals surface area (Å²) in [6.07, 6.45) is 4.61. The molecule has 1 aliphatic carbocycles. The highest BCUT2D eigenvalue weighted by molar-refractivity contribution is 5.30. The second-order valence-electron chi connectivity index (χ2n) is 6.01. The quantitative estimate of drug-likeness (QED) is 0.870. The van der Waals surface area contributed by atoms with E-state index in [4.69, 9.17) is 4.74 Å². The van der Waals surface area contributed by atoms with Gasteiger partial charge in [-0.15, -0.1) is 0 Å². The molecular weight excluding hydrogens is 257 g/mol. The van der Waals surface area contributed by atoms with Gasteiger partial charge in [0.1, 0.15) is 0 Å². The molecule has 0 heterocycles. The Labute approximate surface area is 120 Å². The molecule has 20 heavy (non-hydrogen) atoms. The summed E-state index contributed by atoms with van der Waals surface area (Å²) in [4.78, 5) is 2.20. The monoisotopic (exact) mass is 281 g/mol. The number of hydrogen-bond donors (Lipinski definition) is 1. The fourth-order valence-corrected chi connectivity index (χ4v) is 3.23. The number of nitrogens with zero attached hydrogens (tertiary/aromatic N) is 1. The van der Waals surface area contributed by atoms with E-state index in [1.54, 1.807) is 12.1 Å². The van der Waals surface area contributed by atoms with Crippen molar-refractivity contribution in [1.29, 1.82) is 0 Å². The Morgan fingerprint density at radius 1 is 1.35 bits per heavy atom. The molecule has 1 aromatic rings. The van der Waals surface area contributed by atoms with Crippen LogP contribution >= 0.6 is 0 Å². The maximum atomic E-state index is 13.4. The zero-order chi connectivity index (χ0) is 14.6. The third-order valence-electron chi connectivity index (χ3n) is 4.27. The summed E-state index contributed by atoms with van der Waals surface area (Å²) < 4.78 is 18.4. The topological polar surface area (TPSA) is 32.7 Å². The first-order valence-corrected chi connectivity index (χ1v) is 7.20. The van der Waals surface area contributed by atoms with Crippen LogP contribution < -0.4 is 4.74 Å². The molecule has 3 nitrogen and oxygen atoms in total. The first kappa shape index (κ1) is 15.3. The average molecular weight is 281 g/mol. The molecule has 0 saturated heterocycles. The van der Waals surface area contributed by atoms with Gasteiger partial charge in [-0.3, -0.25) is 0 Å². The van der Waals surface area contributed by atoms with Crippen LogP contribution in [0.4, 0.5) is 4.39 Å². The highest BCUT2D eigenvalue weighted by Gasteiger charge is 2.34. The van der Waals surface area contributed by atoms with Crippen LogP contribution in [0.2, 0.25) is 0 Å². The maximum absolute atomic E-state index is 13.4. The van der Waals surface area contributed by atoms with Crippen molar-refractivity contribution < 1.29 is 14.2 Å². The van der Waals surface area contributed by atoms with E-state index in [-0.39, 0.29) is 23.6 Å². The normalized spacial score (nSPS) is 17.6. The second-order valence-corrected chi connectivity index (χ2v) is 6.01. The van der Waals surface area contributed by atoms with Crippen LogP contribution in [-0.4, -0.2) is 37.3 Å². The van der Waals surface area contributed by atoms with Crippen molar-refractivity contribution in [3.05, 3.63) is 29.6 Å². The molecule has 1 fully saturated rings. The lowest BCUT2D eigenvalue weighted by molar-refractivity contribution is 0.0863. The Bertz CT molecular complexity index is 444. The van der Waals surface area contributed by atoms with Crippen LogP contribution in [-0.2, 0) is 6.54 Å². The molecule has 0 amide bonds. The van der Waals surface area contributed by atoms with Gasteiger partial charge in [0.25, 0.3) is 0 Å². The van der Waals surface area contributed by atoms with Crippen LogP contribution in [0.5, 0.6) is 5.75 Å². The first-order valence-electron chi connectivity index (χ1n) is 7.20. The van der Waals surface area contributed by atoms with Crippen molar-refractivity contribution in [1.82, 2.24) is 4.90 Å². The Morgan fingerprint density at radius 2 is 2.05 bits per heavy atom. The minimum Gasteiger partial charge on any atom is -0.494 e. The van der Waals surface area contributed by atoms with Crippen molar-refractivity contribution in [3.8, 4) is 5.75 Å². The van der Waals surface area contributed by atoms with Gasteiger partial charge in [-0.25, -0.2) is 4.39 Å². The Morgan fingerprint density at radius 3 is 2.65 bits per heavy atom. The van der Waals surface area contributed by atoms with Gasteiger partial charge in [-0.2, -0.15) is 0 Å². The largest absolute Gasteiger partial charge is 0.494 e. The number of rotatable bonds is 6. The number of hydrogen-bond acceptors (Lipinski definition) is 3. The van der Waals surface area contributed by atoms with E-state index < -0.39 is 0 Å². The molecule has 2 rings (SSSR count). The van der Waals surface area contributed by atoms with Crippen LogP contribution in [0.15, 0.2) is 18.2 Å². The van der Waals surface area contributed by atoms with E-state index in [1.165, 1.54) is 26.0 Å². The fraction of sp³-hybridized carbons (Fsp3) is 0.625. The Balaban J connectivity index is 1.98. The molecule has 112 valence electrons. The zero-order valence-corrected chi connectivity index (χ0v) is 12.4. The summed E-state index contributed by atoms with van der Waals surface area (Å²) in [5.74, 6) is -0.0461. The van der Waals surface area contributed by atoms with Crippen molar-refractivity contribution in [2.24, 2.45) is 5.41 Å². The van der Waals surface area contributed by atoms with Gasteiger partial charge in [-0.1, -0.05) is 18.9 Å². The number of aliphatic hydroxyl groups excluding tert-OH is 1. The van der Waals surface area contributed by atoms with E-state index >= 15 is 0 Å². The lowest BCUT2D eigenvalue weighted by atomic mass is 9.86. The van der Waals surface area contributed by atoms with Gasteiger partial charge >= 0.3 is 0 Å². The molecule has 0 unspecified atom stereocenters. The number of methoxy groups -OCH3 is 1. The smallest absolute Gasteiger partial charge is 0.165 e. The van der Waals surface area contributed by atoms with Gasteiger partial charge in [0.2, 0.25) is 0 Å². The molecule has 0 spiro atoms. The second kappa shape index (κ2) is 6.55. The van der Waals surface area contributed by atoms with Crippen molar-refractivity contribution >= 4 is 0 Å². The Kier molecular flexibility index (Phi) is 5.00. The predicted octanol–water partition coefficient (Wildman–Crippen LogP) is 2.82. The van der Waals surface area contributed by atoms with Crippen molar-refractivity contribution in [2.75, 3.05) is 27.3 Å². The van der Waals surface area contributed by atoms with Crippen LogP contribution in [0.3, 0.4) is 0 Å². The van der Waals surface area contributed by atoms with E-state index in [0.29, 0.717) is 0 Å². The van der Waals surface area contributed by atoms with Gasteiger partial charge in [-0.05, 0) is 37.6 Å². The molecule has 0 radical (unpaired) electrons. The van der Waals surface area contributed by atoms with Crippen LogP contribution in [0.1, 0.15) is 31.2 Å². The van der Waals surface area contributed by atoms with Gasteiger partial charge in [0.05, 0.1) is 7.11 Å². The number of benzene rings is 1. The molecule has 1 aromatic carbocycles. The third kappa shape index (κ3) is 3.49. The fourth-order valence-electron chi connectivity index (χ4n) is 3.23. The molecule has 0 aromatic heterocycles. The van der Waals surface area contributed by atoms with E-state index in [0.717, 1.165) is 31.5 Å². The van der Waals surface area contributed by atoms with E-state index in [1.807, 2.05) is 7.05 Å². The molecule has 0 bridgehead atoms. The van der Waals surface area contributed by atoms with Gasteiger partial charge in [0.15, 0.2) is 11.6 Å². The molecule has 1 aliphatic rings. The molecular formula is C16H24FNO2. The summed E-state index contributed by atoms with van der Waals surface area (Å²) in [5.41, 5.74) is 1.08. The minimum atomic E-state index is -0.332. The summed E-state index contributed by atoms with van der Waals surface area (Å²) in [5, 5.41) is 9.65. The molecule has 1 saturated carbocycles. The molecule has 0 atom stereocenters. The SMILES string of the molecule is COc1cc(CN(C)CC2(CO)CCCC2)ccc1F.